The highest BCUT2D eigenvalue weighted by Crippen LogP contribution is 2.64. The number of benzene rings is 4. The van der Waals surface area contributed by atoms with E-state index in [4.69, 9.17) is 35.1 Å². The summed E-state index contributed by atoms with van der Waals surface area (Å²) >= 11 is 7.08. The largest absolute Gasteiger partial charge is 0.452 e. The quantitative estimate of drug-likeness (QED) is 0.0775. The lowest BCUT2D eigenvalue weighted by molar-refractivity contribution is -0.0539. The van der Waals surface area contributed by atoms with Crippen LogP contribution in [0.25, 0.3) is 11.2 Å². The topological polar surface area (TPSA) is 161 Å². The molecule has 2 aromatic heterocycles. The number of ether oxygens (including phenoxy) is 3. The molecule has 14 nitrogen and oxygen atoms in total. The lowest BCUT2D eigenvalue weighted by Gasteiger charge is -2.25. The third-order valence-corrected chi connectivity index (χ3v) is 14.4. The van der Waals surface area contributed by atoms with Gasteiger partial charge in [0.15, 0.2) is 35.4 Å². The van der Waals surface area contributed by atoms with Crippen molar-refractivity contribution in [2.45, 2.75) is 24.5 Å². The van der Waals surface area contributed by atoms with E-state index in [1.54, 1.807) is 121 Å². The maximum atomic E-state index is 14.1. The molecule has 0 aliphatic carbocycles. The van der Waals surface area contributed by atoms with Gasteiger partial charge in [-0.2, -0.15) is 0 Å². The number of imide groups is 1. The van der Waals surface area contributed by atoms with Crippen molar-refractivity contribution >= 4 is 69.6 Å². The minimum absolute atomic E-state index is 0.0616. The Kier molecular flexibility index (Phi) is 11.3. The van der Waals surface area contributed by atoms with E-state index in [0.29, 0.717) is 12.4 Å². The molecule has 6 aromatic rings. The first-order valence-corrected chi connectivity index (χ1v) is 21.9. The maximum absolute atomic E-state index is 14.1. The van der Waals surface area contributed by atoms with Crippen LogP contribution in [0.5, 0.6) is 0 Å². The summed E-state index contributed by atoms with van der Waals surface area (Å²) < 4.78 is 32.3. The van der Waals surface area contributed by atoms with Crippen LogP contribution in [0.2, 0.25) is 0 Å². The van der Waals surface area contributed by atoms with Crippen molar-refractivity contribution < 1.29 is 42.4 Å². The number of fused-ring (bicyclic) bond motifs is 1. The normalized spacial score (nSPS) is 21.5. The first kappa shape index (κ1) is 38.3. The number of imidazole rings is 1. The van der Waals surface area contributed by atoms with Crippen molar-refractivity contribution in [2.24, 2.45) is 0 Å². The first-order chi connectivity index (χ1) is 27.8. The molecule has 2 fully saturated rings. The van der Waals surface area contributed by atoms with Gasteiger partial charge in [-0.15, -0.1) is 0 Å². The van der Waals surface area contributed by atoms with Gasteiger partial charge in [-0.05, 0) is 60.3 Å². The Hall–Kier alpha value is -5.61. The fourth-order valence-electron chi connectivity index (χ4n) is 6.33. The van der Waals surface area contributed by atoms with Crippen LogP contribution < -0.4 is 4.90 Å². The van der Waals surface area contributed by atoms with Gasteiger partial charge in [-0.25, -0.2) is 29.4 Å². The van der Waals surface area contributed by atoms with Crippen LogP contribution in [0.3, 0.4) is 0 Å². The van der Waals surface area contributed by atoms with E-state index in [0.717, 1.165) is 4.90 Å². The van der Waals surface area contributed by atoms with E-state index in [1.165, 1.54) is 28.6 Å². The minimum atomic E-state index is -2.73. The van der Waals surface area contributed by atoms with Crippen LogP contribution in [-0.4, -0.2) is 80.6 Å². The fourth-order valence-corrected chi connectivity index (χ4v) is 10.5. The Morgan fingerprint density at radius 2 is 1.26 bits per heavy atom. The Labute approximate surface area is 335 Å². The molecule has 2 aliphatic heterocycles. The molecular weight excluding hydrogens is 790 g/mol. The van der Waals surface area contributed by atoms with Gasteiger partial charge in [-0.3, -0.25) is 14.2 Å². The molecule has 0 radical (unpaired) electrons. The third-order valence-electron chi connectivity index (χ3n) is 9.04. The van der Waals surface area contributed by atoms with Crippen LogP contribution in [0.15, 0.2) is 134 Å². The second-order valence-electron chi connectivity index (χ2n) is 12.6. The van der Waals surface area contributed by atoms with Crippen molar-refractivity contribution in [1.29, 1.82) is 0 Å². The smallest absolute Gasteiger partial charge is 0.338 e. The number of carbonyl (C=O) groups is 4. The standard InChI is InChI=1S/C40H32N5O9PS2/c46-36(26-13-5-1-6-14-26)45(37(47)27-15-7-2-8-16-27)35-31-34(41-24-42-35)44(25-43-31)38-33(54-40(49)29-19-11-4-12-20-29)32(53-39(48)28-17-9-3-10-18-28)30(52-38)23-51-55(56)50-21-22-57-55/h1-20,24-25,30,32-33,38H,21-23H2/t30-,32-,33-,38-,55?/m1/s1. The van der Waals surface area contributed by atoms with Crippen LogP contribution in [0.4, 0.5) is 5.82 Å². The Morgan fingerprint density at radius 3 is 1.79 bits per heavy atom. The Balaban J connectivity index is 1.22. The molecule has 5 atom stereocenters. The van der Waals surface area contributed by atoms with E-state index in [1.807, 2.05) is 0 Å². The van der Waals surface area contributed by atoms with Crippen molar-refractivity contribution in [3.8, 4) is 0 Å². The van der Waals surface area contributed by atoms with Crippen LogP contribution >= 0.6 is 17.1 Å². The van der Waals surface area contributed by atoms with Crippen LogP contribution in [0.1, 0.15) is 47.7 Å². The van der Waals surface area contributed by atoms with E-state index in [9.17, 15) is 19.2 Å². The number of esters is 2. The summed E-state index contributed by atoms with van der Waals surface area (Å²) in [6, 6.07) is 33.3. The average molecular weight is 822 g/mol. The number of hydrogen-bond donors (Lipinski definition) is 0. The number of rotatable bonds is 11. The molecule has 2 saturated heterocycles. The van der Waals surface area contributed by atoms with Gasteiger partial charge in [0.05, 0.1) is 30.7 Å². The van der Waals surface area contributed by atoms with Crippen LogP contribution in [0, 0.1) is 0 Å². The lowest BCUT2D eigenvalue weighted by atomic mass is 10.1. The second-order valence-corrected chi connectivity index (χ2v) is 19.1. The fraction of sp³-hybridized carbons (Fsp3) is 0.175. The molecule has 2 aliphatic rings. The highest BCUT2D eigenvalue weighted by molar-refractivity contribution is 8.68. The lowest BCUT2D eigenvalue weighted by Crippen LogP contribution is -2.41. The summed E-state index contributed by atoms with van der Waals surface area (Å²) in [6.07, 6.45) is -2.25. The monoisotopic (exact) mass is 821 g/mol. The van der Waals surface area contributed by atoms with E-state index < -0.39 is 54.0 Å². The summed E-state index contributed by atoms with van der Waals surface area (Å²) in [4.78, 5) is 70.1. The zero-order valence-electron chi connectivity index (χ0n) is 29.8. The molecule has 4 aromatic carbocycles. The Morgan fingerprint density at radius 1 is 0.737 bits per heavy atom. The van der Waals surface area contributed by atoms with Gasteiger partial charge in [-0.1, -0.05) is 84.2 Å². The van der Waals surface area contributed by atoms with Crippen molar-refractivity contribution in [3.05, 3.63) is 156 Å². The molecule has 2 amide bonds. The molecule has 4 heterocycles. The molecule has 0 N–H and O–H groups in total. The summed E-state index contributed by atoms with van der Waals surface area (Å²) in [5.74, 6) is -2.15. The molecule has 0 bridgehead atoms. The van der Waals surface area contributed by atoms with Gasteiger partial charge < -0.3 is 23.3 Å². The maximum Gasteiger partial charge on any atom is 0.338 e. The molecule has 8 rings (SSSR count). The van der Waals surface area contributed by atoms with Gasteiger partial charge in [0.1, 0.15) is 12.4 Å². The first-order valence-electron chi connectivity index (χ1n) is 17.7. The highest BCUT2D eigenvalue weighted by Gasteiger charge is 2.52. The van der Waals surface area contributed by atoms with E-state index >= 15 is 0 Å². The van der Waals surface area contributed by atoms with E-state index in [-0.39, 0.29) is 45.8 Å². The number of nitrogens with zero attached hydrogens (tertiary/aromatic N) is 5. The second kappa shape index (κ2) is 16.9. The number of amides is 2. The summed E-state index contributed by atoms with van der Waals surface area (Å²) in [5, 5.41) is 0. The van der Waals surface area contributed by atoms with Crippen molar-refractivity contribution in [2.75, 3.05) is 23.9 Å². The van der Waals surface area contributed by atoms with Gasteiger partial charge in [0, 0.05) is 16.9 Å². The summed E-state index contributed by atoms with van der Waals surface area (Å²) in [5.41, 5.74) is -1.58. The third kappa shape index (κ3) is 8.14. The highest BCUT2D eigenvalue weighted by atomic mass is 32.9. The molecule has 0 saturated carbocycles. The number of anilines is 1. The molecule has 57 heavy (non-hydrogen) atoms. The van der Waals surface area contributed by atoms with Gasteiger partial charge in [0.2, 0.25) is 5.69 Å². The van der Waals surface area contributed by atoms with Crippen molar-refractivity contribution in [3.63, 3.8) is 0 Å². The predicted octanol–water partition coefficient (Wildman–Crippen LogP) is 6.67. The zero-order chi connectivity index (χ0) is 39.4. The average Bonchev–Trinajstić information content (AvgIpc) is 3.98. The van der Waals surface area contributed by atoms with Gasteiger partial charge in [0.25, 0.3) is 11.8 Å². The van der Waals surface area contributed by atoms with Gasteiger partial charge >= 0.3 is 11.9 Å². The molecule has 1 unspecified atom stereocenters. The minimum Gasteiger partial charge on any atom is -0.452 e. The molecule has 17 heteroatoms. The number of aromatic nitrogens is 4. The number of hydrogen-bond acceptors (Lipinski definition) is 14. The molecular formula is C40H32N5O9PS2. The zero-order valence-corrected chi connectivity index (χ0v) is 32.3. The van der Waals surface area contributed by atoms with Crippen LogP contribution in [-0.2, 0) is 35.1 Å². The number of carbonyl (C=O) groups excluding carboxylic acids is 4. The summed E-state index contributed by atoms with van der Waals surface area (Å²) in [6.45, 7) is 0.254. The van der Waals surface area contributed by atoms with Crippen molar-refractivity contribution in [1.82, 2.24) is 19.5 Å². The Bertz CT molecular complexity index is 2400. The summed E-state index contributed by atoms with van der Waals surface area (Å²) in [7, 11) is 0. The predicted molar refractivity (Wildman–Crippen MR) is 213 cm³/mol. The van der Waals surface area contributed by atoms with E-state index in [2.05, 4.69) is 15.0 Å². The molecule has 0 spiro atoms. The molecule has 288 valence electrons. The SMILES string of the molecule is O=C(O[C@@H]1[C@H](OC(=O)c2ccccc2)[C@@H](COP2(=S)OCCS2)O[C@H]1n1cnc2c(N(C(=O)c3ccccc3)C(=O)c3ccccc3)ncnc21)c1ccccc1.